The van der Waals surface area contributed by atoms with E-state index in [1.165, 1.54) is 6.20 Å². The van der Waals surface area contributed by atoms with Crippen LogP contribution in [0.3, 0.4) is 0 Å². The molecule has 2 rings (SSSR count). The largest absolute Gasteiger partial charge is 0.408 e. The molecule has 0 spiro atoms. The third-order valence-corrected chi connectivity index (χ3v) is 2.94. The normalized spacial score (nSPS) is 11.1. The van der Waals surface area contributed by atoms with Crippen LogP contribution in [0, 0.1) is 16.1 Å². The van der Waals surface area contributed by atoms with Gasteiger partial charge in [0.15, 0.2) is 5.02 Å². The van der Waals surface area contributed by atoms with Crippen LogP contribution in [0.15, 0.2) is 17.5 Å². The van der Waals surface area contributed by atoms with Crippen LogP contribution in [0.1, 0.15) is 12.5 Å². The van der Waals surface area contributed by atoms with Crippen molar-refractivity contribution < 1.29 is 14.1 Å². The fourth-order valence-corrected chi connectivity index (χ4v) is 1.86. The van der Waals surface area contributed by atoms with Gasteiger partial charge in [-0.15, -0.1) is 0 Å². The number of rotatable bonds is 6. The molecule has 0 aliphatic carbocycles. The highest BCUT2D eigenvalue weighted by molar-refractivity contribution is 6.32. The molecule has 1 amide bonds. The van der Waals surface area contributed by atoms with E-state index in [2.05, 4.69) is 20.7 Å². The maximum Gasteiger partial charge on any atom is 0.408 e. The number of halogens is 2. The number of amides is 1. The number of aromatic nitrogens is 4. The first kappa shape index (κ1) is 16.5. The highest BCUT2D eigenvalue weighted by atomic mass is 35.5. The monoisotopic (exact) mass is 343 g/mol. The van der Waals surface area contributed by atoms with E-state index in [-0.39, 0.29) is 17.1 Å². The quantitative estimate of drug-likeness (QED) is 0.475. The Bertz CT molecular complexity index is 770. The van der Waals surface area contributed by atoms with Gasteiger partial charge in [0.1, 0.15) is 6.54 Å². The topological polar surface area (TPSA) is 120 Å². The van der Waals surface area contributed by atoms with Crippen molar-refractivity contribution in [2.24, 2.45) is 5.10 Å². The minimum absolute atomic E-state index is 0.116. The van der Waals surface area contributed by atoms with Crippen molar-refractivity contribution in [2.75, 3.05) is 0 Å². The summed E-state index contributed by atoms with van der Waals surface area (Å²) in [7, 11) is 0. The lowest BCUT2D eigenvalue weighted by atomic mass is 10.4. The van der Waals surface area contributed by atoms with Gasteiger partial charge in [-0.25, -0.2) is 10.1 Å². The lowest BCUT2D eigenvalue weighted by Crippen LogP contribution is -2.23. The minimum atomic E-state index is -0.761. The summed E-state index contributed by atoms with van der Waals surface area (Å²) in [6, 6.07) is 0. The molecule has 10 nitrogen and oxygen atoms in total. The van der Waals surface area contributed by atoms with Gasteiger partial charge < -0.3 is 10.1 Å². The molecule has 0 radical (unpaired) electrons. The summed E-state index contributed by atoms with van der Waals surface area (Å²) in [5, 5.41) is 21.3. The molecule has 0 aliphatic heterocycles. The Hall–Kier alpha value is -2.82. The van der Waals surface area contributed by atoms with Gasteiger partial charge in [0, 0.05) is 6.54 Å². The summed E-state index contributed by atoms with van der Waals surface area (Å²) >= 11 is 5.60. The molecule has 0 aliphatic rings. The molecule has 2 aromatic heterocycles. The average molecular weight is 344 g/mol. The van der Waals surface area contributed by atoms with E-state index in [1.807, 2.05) is 0 Å². The van der Waals surface area contributed by atoms with Crippen molar-refractivity contribution in [3.8, 4) is 0 Å². The van der Waals surface area contributed by atoms with Crippen molar-refractivity contribution in [3.05, 3.63) is 39.0 Å². The van der Waals surface area contributed by atoms with Crippen molar-refractivity contribution >= 4 is 29.5 Å². The lowest BCUT2D eigenvalue weighted by Gasteiger charge is -1.97. The van der Waals surface area contributed by atoms with E-state index in [0.29, 0.717) is 6.54 Å². The number of carbonyl (C=O) groups is 1. The second kappa shape index (κ2) is 6.96. The Labute approximate surface area is 133 Å². The highest BCUT2D eigenvalue weighted by Crippen LogP contribution is 2.20. The van der Waals surface area contributed by atoms with Crippen LogP contribution in [0.2, 0.25) is 5.02 Å². The van der Waals surface area contributed by atoms with Gasteiger partial charge in [-0.1, -0.05) is 11.6 Å². The lowest BCUT2D eigenvalue weighted by molar-refractivity contribution is -0.389. The van der Waals surface area contributed by atoms with E-state index in [1.54, 1.807) is 6.92 Å². The van der Waals surface area contributed by atoms with Gasteiger partial charge in [0.2, 0.25) is 5.95 Å². The maximum atomic E-state index is 13.6. The Morgan fingerprint density at radius 3 is 2.96 bits per heavy atom. The van der Waals surface area contributed by atoms with Crippen molar-refractivity contribution in [1.29, 1.82) is 0 Å². The van der Waals surface area contributed by atoms with Gasteiger partial charge >= 0.3 is 5.82 Å². The minimum Gasteiger partial charge on any atom is -0.358 e. The van der Waals surface area contributed by atoms with E-state index in [0.717, 1.165) is 21.8 Å². The molecule has 0 saturated heterocycles. The number of nitrogens with zero attached hydrogens (tertiary/aromatic N) is 6. The van der Waals surface area contributed by atoms with Gasteiger partial charge in [0.05, 0.1) is 29.3 Å². The molecule has 2 heterocycles. The molecule has 122 valence electrons. The molecule has 0 unspecified atom stereocenters. The van der Waals surface area contributed by atoms with E-state index < -0.39 is 22.6 Å². The second-order valence-corrected chi connectivity index (χ2v) is 4.66. The van der Waals surface area contributed by atoms with Crippen LogP contribution in [0.5, 0.6) is 0 Å². The number of nitrogens with one attached hydrogen (secondary N) is 1. The molecule has 0 fully saturated rings. The maximum absolute atomic E-state index is 13.6. The molecule has 23 heavy (non-hydrogen) atoms. The number of carbonyl (C=O) groups excluding carboxylic acids is 1. The standard InChI is InChI=1S/C11H11ClFN7O3/c1-2-19-10(13)7(4-15-19)3-14-16-9(21)6-18-5-8(12)11(17-18)20(22)23/h3-5H,2,6H2,1H3,(H,16,21). The Kier molecular flexibility index (Phi) is 5.01. The van der Waals surface area contributed by atoms with Gasteiger partial charge in [-0.2, -0.15) is 19.3 Å². The molecular weight excluding hydrogens is 333 g/mol. The molecule has 0 atom stereocenters. The summed E-state index contributed by atoms with van der Waals surface area (Å²) in [4.78, 5) is 21.5. The zero-order valence-corrected chi connectivity index (χ0v) is 12.6. The zero-order valence-electron chi connectivity index (χ0n) is 11.8. The molecule has 12 heteroatoms. The molecule has 2 aromatic rings. The van der Waals surface area contributed by atoms with E-state index >= 15 is 0 Å². The number of aryl methyl sites for hydroxylation is 1. The molecule has 0 bridgehead atoms. The second-order valence-electron chi connectivity index (χ2n) is 4.25. The third kappa shape index (κ3) is 3.88. The fraction of sp³-hybridized carbons (Fsp3) is 0.273. The van der Waals surface area contributed by atoms with E-state index in [4.69, 9.17) is 11.6 Å². The first-order chi connectivity index (χ1) is 10.9. The van der Waals surface area contributed by atoms with Crippen LogP contribution in [0.4, 0.5) is 10.2 Å². The first-order valence-corrected chi connectivity index (χ1v) is 6.70. The summed E-state index contributed by atoms with van der Waals surface area (Å²) in [5.41, 5.74) is 2.26. The summed E-state index contributed by atoms with van der Waals surface area (Å²) in [5.74, 6) is -1.73. The average Bonchev–Trinajstić information content (AvgIpc) is 3.02. The number of hydrogen-bond donors (Lipinski definition) is 1. The van der Waals surface area contributed by atoms with Crippen molar-refractivity contribution in [1.82, 2.24) is 25.0 Å². The predicted octanol–water partition coefficient (Wildman–Crippen LogP) is 0.950. The van der Waals surface area contributed by atoms with Crippen LogP contribution < -0.4 is 5.43 Å². The van der Waals surface area contributed by atoms with Gasteiger partial charge in [-0.05, 0) is 11.8 Å². The smallest absolute Gasteiger partial charge is 0.358 e. The summed E-state index contributed by atoms with van der Waals surface area (Å²) < 4.78 is 15.8. The van der Waals surface area contributed by atoms with Crippen molar-refractivity contribution in [2.45, 2.75) is 20.0 Å². The van der Waals surface area contributed by atoms with Gasteiger partial charge in [0.25, 0.3) is 5.91 Å². The number of nitro groups is 1. The Morgan fingerprint density at radius 1 is 1.65 bits per heavy atom. The van der Waals surface area contributed by atoms with Gasteiger partial charge in [-0.3, -0.25) is 4.79 Å². The zero-order chi connectivity index (χ0) is 17.0. The van der Waals surface area contributed by atoms with Crippen LogP contribution in [0.25, 0.3) is 0 Å². The number of hydrazone groups is 1. The third-order valence-electron chi connectivity index (χ3n) is 2.67. The molecule has 0 saturated carbocycles. The number of hydrogen-bond acceptors (Lipinski definition) is 6. The van der Waals surface area contributed by atoms with Crippen LogP contribution >= 0.6 is 11.6 Å². The van der Waals surface area contributed by atoms with E-state index in [9.17, 15) is 19.3 Å². The van der Waals surface area contributed by atoms with Crippen molar-refractivity contribution in [3.63, 3.8) is 0 Å². The highest BCUT2D eigenvalue weighted by Gasteiger charge is 2.20. The first-order valence-electron chi connectivity index (χ1n) is 6.33. The van der Waals surface area contributed by atoms with Crippen LogP contribution in [-0.4, -0.2) is 36.6 Å². The Balaban J connectivity index is 1.94. The SMILES string of the molecule is CCn1ncc(C=NNC(=O)Cn2cc(Cl)c([N+](=O)[O-])n2)c1F. The summed E-state index contributed by atoms with van der Waals surface area (Å²) in [6.45, 7) is 1.76. The van der Waals surface area contributed by atoms with Crippen LogP contribution in [-0.2, 0) is 17.9 Å². The molecule has 0 aromatic carbocycles. The summed E-state index contributed by atoms with van der Waals surface area (Å²) in [6.07, 6.45) is 3.52. The molecule has 1 N–H and O–H groups in total. The Morgan fingerprint density at radius 2 is 2.39 bits per heavy atom. The predicted molar refractivity (Wildman–Crippen MR) is 77.5 cm³/mol. The molecular formula is C11H11ClFN7O3. The fourth-order valence-electron chi connectivity index (χ4n) is 1.64.